The van der Waals surface area contributed by atoms with Crippen molar-refractivity contribution < 1.29 is 27.5 Å². The lowest BCUT2D eigenvalue weighted by Gasteiger charge is -2.32. The summed E-state index contributed by atoms with van der Waals surface area (Å²) in [5, 5.41) is 2.75. The van der Waals surface area contributed by atoms with Gasteiger partial charge in [-0.05, 0) is 62.7 Å². The Bertz CT molecular complexity index is 1450. The molecule has 0 unspecified atom stereocenters. The first-order chi connectivity index (χ1) is 19.0. The molecule has 214 valence electrons. The maximum absolute atomic E-state index is 14.0. The molecule has 3 aromatic carbocycles. The van der Waals surface area contributed by atoms with E-state index in [1.807, 2.05) is 31.2 Å². The Morgan fingerprint density at radius 1 is 0.975 bits per heavy atom. The topological polar surface area (TPSA) is 105 Å². The number of nitrogens with zero attached hydrogens (tertiary/aromatic N) is 2. The van der Waals surface area contributed by atoms with E-state index in [1.54, 1.807) is 38.1 Å². The summed E-state index contributed by atoms with van der Waals surface area (Å²) < 4.78 is 40.5. The summed E-state index contributed by atoms with van der Waals surface area (Å²) in [6, 6.07) is 17.6. The van der Waals surface area contributed by atoms with Crippen molar-refractivity contribution in [2.75, 3.05) is 31.6 Å². The van der Waals surface area contributed by atoms with Crippen LogP contribution in [0.2, 0.25) is 0 Å². The summed E-state index contributed by atoms with van der Waals surface area (Å²) in [5.74, 6) is -0.269. The SMILES string of the molecule is CCNC(=O)[C@@H](C)N(Cc1cccc(Br)c1)C(=O)CN(c1ccc(C)cc1)S(=O)(=O)c1ccc(OC)c(OC)c1. The molecule has 0 saturated heterocycles. The zero-order valence-electron chi connectivity index (χ0n) is 23.2. The number of ether oxygens (including phenoxy) is 2. The van der Waals surface area contributed by atoms with Crippen LogP contribution in [0.1, 0.15) is 25.0 Å². The molecule has 0 aromatic heterocycles. The minimum Gasteiger partial charge on any atom is -0.493 e. The van der Waals surface area contributed by atoms with Crippen LogP contribution >= 0.6 is 15.9 Å². The number of sulfonamides is 1. The second-order valence-corrected chi connectivity index (χ2v) is 11.9. The molecule has 11 heteroatoms. The largest absolute Gasteiger partial charge is 0.493 e. The van der Waals surface area contributed by atoms with Crippen molar-refractivity contribution in [2.45, 2.75) is 38.3 Å². The van der Waals surface area contributed by atoms with Crippen LogP contribution in [0.25, 0.3) is 0 Å². The third-order valence-electron chi connectivity index (χ3n) is 6.30. The Morgan fingerprint density at radius 2 is 1.65 bits per heavy atom. The molecule has 1 N–H and O–H groups in total. The van der Waals surface area contributed by atoms with Crippen molar-refractivity contribution in [1.82, 2.24) is 10.2 Å². The van der Waals surface area contributed by atoms with Gasteiger partial charge in [0.15, 0.2) is 11.5 Å². The van der Waals surface area contributed by atoms with E-state index in [-0.39, 0.29) is 23.1 Å². The van der Waals surface area contributed by atoms with Crippen LogP contribution in [0, 0.1) is 6.92 Å². The predicted molar refractivity (Wildman–Crippen MR) is 158 cm³/mol. The van der Waals surface area contributed by atoms with E-state index >= 15 is 0 Å². The molecule has 3 rings (SSSR count). The molecule has 0 bridgehead atoms. The molecular weight excluding hydrogens is 598 g/mol. The Labute approximate surface area is 244 Å². The molecule has 0 spiro atoms. The van der Waals surface area contributed by atoms with E-state index in [0.29, 0.717) is 18.0 Å². The molecule has 0 aliphatic carbocycles. The Hall–Kier alpha value is -3.57. The van der Waals surface area contributed by atoms with E-state index < -0.39 is 28.5 Å². The van der Waals surface area contributed by atoms with Crippen LogP contribution in [0.3, 0.4) is 0 Å². The summed E-state index contributed by atoms with van der Waals surface area (Å²) in [4.78, 5) is 28.0. The van der Waals surface area contributed by atoms with Crippen molar-refractivity contribution >= 4 is 43.5 Å². The van der Waals surface area contributed by atoms with E-state index in [9.17, 15) is 18.0 Å². The molecule has 9 nitrogen and oxygen atoms in total. The Balaban J connectivity index is 2.07. The van der Waals surface area contributed by atoms with Crippen LogP contribution < -0.4 is 19.1 Å². The van der Waals surface area contributed by atoms with Gasteiger partial charge in [-0.3, -0.25) is 13.9 Å². The number of hydrogen-bond acceptors (Lipinski definition) is 6. The minimum atomic E-state index is -4.25. The summed E-state index contributed by atoms with van der Waals surface area (Å²) in [5.41, 5.74) is 2.02. The van der Waals surface area contributed by atoms with Gasteiger partial charge in [-0.2, -0.15) is 0 Å². The van der Waals surface area contributed by atoms with E-state index in [2.05, 4.69) is 21.2 Å². The van der Waals surface area contributed by atoms with Crippen LogP contribution in [0.4, 0.5) is 5.69 Å². The fourth-order valence-corrected chi connectivity index (χ4v) is 5.96. The second kappa shape index (κ2) is 13.7. The number of carbonyl (C=O) groups excluding carboxylic acids is 2. The second-order valence-electron chi connectivity index (χ2n) is 9.09. The molecular formula is C29H34BrN3O6S. The number of methoxy groups -OCH3 is 2. The highest BCUT2D eigenvalue weighted by Gasteiger charge is 2.33. The van der Waals surface area contributed by atoms with E-state index in [4.69, 9.17) is 9.47 Å². The zero-order chi connectivity index (χ0) is 29.4. The molecule has 40 heavy (non-hydrogen) atoms. The average molecular weight is 633 g/mol. The number of aryl methyl sites for hydroxylation is 1. The van der Waals surface area contributed by atoms with Gasteiger partial charge >= 0.3 is 0 Å². The van der Waals surface area contributed by atoms with Gasteiger partial charge in [0.05, 0.1) is 24.8 Å². The van der Waals surface area contributed by atoms with Gasteiger partial charge in [0, 0.05) is 23.6 Å². The third kappa shape index (κ3) is 7.33. The highest BCUT2D eigenvalue weighted by molar-refractivity contribution is 9.10. The van der Waals surface area contributed by atoms with Gasteiger partial charge < -0.3 is 19.7 Å². The molecule has 2 amide bonds. The normalized spacial score (nSPS) is 11.8. The quantitative estimate of drug-likeness (QED) is 0.315. The molecule has 0 heterocycles. The smallest absolute Gasteiger partial charge is 0.264 e. The predicted octanol–water partition coefficient (Wildman–Crippen LogP) is 4.52. The zero-order valence-corrected chi connectivity index (χ0v) is 25.6. The molecule has 0 saturated carbocycles. The van der Waals surface area contributed by atoms with Crippen molar-refractivity contribution in [3.8, 4) is 11.5 Å². The van der Waals surface area contributed by atoms with Crippen molar-refractivity contribution in [1.29, 1.82) is 0 Å². The number of nitrogens with one attached hydrogen (secondary N) is 1. The summed E-state index contributed by atoms with van der Waals surface area (Å²) in [6.45, 7) is 5.27. The monoisotopic (exact) mass is 631 g/mol. The number of rotatable bonds is 12. The maximum Gasteiger partial charge on any atom is 0.264 e. The number of halogens is 1. The van der Waals surface area contributed by atoms with Crippen LogP contribution in [-0.4, -0.2) is 58.5 Å². The minimum absolute atomic E-state index is 0.0751. The fourth-order valence-electron chi connectivity index (χ4n) is 4.08. The van der Waals surface area contributed by atoms with E-state index in [0.717, 1.165) is 19.9 Å². The molecule has 0 radical (unpaired) electrons. The van der Waals surface area contributed by atoms with Crippen LogP contribution in [-0.2, 0) is 26.2 Å². The summed E-state index contributed by atoms with van der Waals surface area (Å²) >= 11 is 3.44. The fraction of sp³-hybridized carbons (Fsp3) is 0.310. The van der Waals surface area contributed by atoms with Gasteiger partial charge in [-0.25, -0.2) is 8.42 Å². The van der Waals surface area contributed by atoms with Crippen LogP contribution in [0.5, 0.6) is 11.5 Å². The number of likely N-dealkylation sites (N-methyl/N-ethyl adjacent to an activating group) is 1. The van der Waals surface area contributed by atoms with Gasteiger partial charge in [0.2, 0.25) is 11.8 Å². The first-order valence-electron chi connectivity index (χ1n) is 12.6. The lowest BCUT2D eigenvalue weighted by Crippen LogP contribution is -2.51. The van der Waals surface area contributed by atoms with E-state index in [1.165, 1.54) is 37.3 Å². The number of hydrogen-bond donors (Lipinski definition) is 1. The standard InChI is InChI=1S/C29H34BrN3O6S/c1-6-31-29(35)21(3)32(18-22-8-7-9-23(30)16-22)28(34)19-33(24-12-10-20(2)11-13-24)40(36,37)25-14-15-26(38-4)27(17-25)39-5/h7-17,21H,6,18-19H2,1-5H3,(H,31,35)/t21-/m1/s1. The van der Waals surface area contributed by atoms with Gasteiger partial charge in [0.1, 0.15) is 12.6 Å². The van der Waals surface area contributed by atoms with Crippen LogP contribution in [0.15, 0.2) is 76.1 Å². The number of anilines is 1. The molecule has 0 fully saturated rings. The first-order valence-corrected chi connectivity index (χ1v) is 14.9. The van der Waals surface area contributed by atoms with Crippen molar-refractivity contribution in [3.63, 3.8) is 0 Å². The molecule has 0 aliphatic rings. The van der Waals surface area contributed by atoms with Gasteiger partial charge in [0.25, 0.3) is 10.0 Å². The molecule has 3 aromatic rings. The van der Waals surface area contributed by atoms with Crippen molar-refractivity contribution in [3.05, 3.63) is 82.3 Å². The lowest BCUT2D eigenvalue weighted by molar-refractivity contribution is -0.139. The lowest BCUT2D eigenvalue weighted by atomic mass is 10.1. The number of benzene rings is 3. The number of amides is 2. The highest BCUT2D eigenvalue weighted by Crippen LogP contribution is 2.32. The first kappa shape index (κ1) is 31.0. The summed E-state index contributed by atoms with van der Waals surface area (Å²) in [7, 11) is -1.37. The van der Waals surface area contributed by atoms with Crippen molar-refractivity contribution in [2.24, 2.45) is 0 Å². The molecule has 0 aliphatic heterocycles. The Morgan fingerprint density at radius 3 is 2.25 bits per heavy atom. The highest BCUT2D eigenvalue weighted by atomic mass is 79.9. The average Bonchev–Trinajstić information content (AvgIpc) is 2.94. The number of carbonyl (C=O) groups is 2. The van der Waals surface area contributed by atoms with Gasteiger partial charge in [-0.15, -0.1) is 0 Å². The molecule has 1 atom stereocenters. The third-order valence-corrected chi connectivity index (χ3v) is 8.57. The van der Waals surface area contributed by atoms with Gasteiger partial charge in [-0.1, -0.05) is 45.8 Å². The maximum atomic E-state index is 14.0. The summed E-state index contributed by atoms with van der Waals surface area (Å²) in [6.07, 6.45) is 0. The Kier molecular flexibility index (Phi) is 10.6.